The summed E-state index contributed by atoms with van der Waals surface area (Å²) in [5.74, 6) is 0. The molecule has 0 amide bonds. The van der Waals surface area contributed by atoms with Gasteiger partial charge in [0, 0.05) is 0 Å². The molecule has 0 spiro atoms. The molecule has 1 rings (SSSR count). The van der Waals surface area contributed by atoms with E-state index in [1.165, 1.54) is 0 Å². The highest BCUT2D eigenvalue weighted by atomic mass is 14.9. The van der Waals surface area contributed by atoms with Crippen molar-refractivity contribution in [2.45, 2.75) is 6.92 Å². The van der Waals surface area contributed by atoms with E-state index in [2.05, 4.69) is 5.32 Å². The van der Waals surface area contributed by atoms with Crippen molar-refractivity contribution in [2.24, 2.45) is 0 Å². The predicted molar refractivity (Wildman–Crippen MR) is 49.7 cm³/mol. The van der Waals surface area contributed by atoms with Crippen molar-refractivity contribution in [3.63, 3.8) is 0 Å². The van der Waals surface area contributed by atoms with Crippen molar-refractivity contribution in [1.29, 1.82) is 5.26 Å². The SMILES string of the molecule is Cc1cccc(NCC#N)c1N. The molecule has 62 valence electrons. The van der Waals surface area contributed by atoms with Crippen LogP contribution in [0.2, 0.25) is 0 Å². The van der Waals surface area contributed by atoms with Crippen LogP contribution in [-0.2, 0) is 0 Å². The molecule has 0 atom stereocenters. The second kappa shape index (κ2) is 3.63. The number of hydrogen-bond acceptors (Lipinski definition) is 3. The number of nitrogen functional groups attached to an aromatic ring is 1. The third-order valence-electron chi connectivity index (χ3n) is 1.68. The molecule has 0 saturated carbocycles. The average Bonchev–Trinajstić information content (AvgIpc) is 2.08. The first-order valence-corrected chi connectivity index (χ1v) is 3.71. The molecule has 0 heterocycles. The Morgan fingerprint density at radius 2 is 2.33 bits per heavy atom. The highest BCUT2D eigenvalue weighted by Crippen LogP contribution is 2.20. The van der Waals surface area contributed by atoms with Crippen LogP contribution in [0.3, 0.4) is 0 Å². The Balaban J connectivity index is 2.86. The molecule has 0 radical (unpaired) electrons. The molecule has 0 fully saturated rings. The van der Waals surface area contributed by atoms with Gasteiger partial charge in [-0.05, 0) is 18.6 Å². The van der Waals surface area contributed by atoms with Crippen LogP contribution in [0.4, 0.5) is 11.4 Å². The van der Waals surface area contributed by atoms with E-state index in [9.17, 15) is 0 Å². The number of nitrogens with zero attached hydrogens (tertiary/aromatic N) is 1. The quantitative estimate of drug-likeness (QED) is 0.510. The lowest BCUT2D eigenvalue weighted by Crippen LogP contribution is -2.02. The smallest absolute Gasteiger partial charge is 0.103 e. The van der Waals surface area contributed by atoms with E-state index >= 15 is 0 Å². The van der Waals surface area contributed by atoms with Gasteiger partial charge in [-0.2, -0.15) is 5.26 Å². The third-order valence-corrected chi connectivity index (χ3v) is 1.68. The van der Waals surface area contributed by atoms with Crippen molar-refractivity contribution >= 4 is 11.4 Å². The van der Waals surface area contributed by atoms with E-state index in [0.717, 1.165) is 11.3 Å². The highest BCUT2D eigenvalue weighted by molar-refractivity contribution is 5.69. The first kappa shape index (κ1) is 8.41. The molecule has 0 aromatic heterocycles. The molecule has 3 nitrogen and oxygen atoms in total. The second-order valence-corrected chi connectivity index (χ2v) is 2.55. The van der Waals surface area contributed by atoms with Crippen LogP contribution < -0.4 is 11.1 Å². The van der Waals surface area contributed by atoms with Gasteiger partial charge >= 0.3 is 0 Å². The molecule has 0 aliphatic carbocycles. The van der Waals surface area contributed by atoms with Crippen LogP contribution in [0.15, 0.2) is 18.2 Å². The van der Waals surface area contributed by atoms with Gasteiger partial charge in [-0.1, -0.05) is 12.1 Å². The summed E-state index contributed by atoms with van der Waals surface area (Å²) < 4.78 is 0. The summed E-state index contributed by atoms with van der Waals surface area (Å²) in [6, 6.07) is 7.70. The molecule has 12 heavy (non-hydrogen) atoms. The number of anilines is 2. The first-order valence-electron chi connectivity index (χ1n) is 3.71. The van der Waals surface area contributed by atoms with E-state index in [1.807, 2.05) is 31.2 Å². The number of para-hydroxylation sites is 1. The standard InChI is InChI=1S/C9H11N3/c1-7-3-2-4-8(9(7)11)12-6-5-10/h2-4,12H,6,11H2,1H3. The third kappa shape index (κ3) is 1.67. The molecule has 0 bridgehead atoms. The monoisotopic (exact) mass is 161 g/mol. The van der Waals surface area contributed by atoms with Gasteiger partial charge in [0.25, 0.3) is 0 Å². The van der Waals surface area contributed by atoms with E-state index in [0.29, 0.717) is 5.69 Å². The molecule has 0 unspecified atom stereocenters. The minimum absolute atomic E-state index is 0.285. The van der Waals surface area contributed by atoms with E-state index < -0.39 is 0 Å². The number of benzene rings is 1. The topological polar surface area (TPSA) is 61.8 Å². The zero-order valence-corrected chi connectivity index (χ0v) is 6.96. The lowest BCUT2D eigenvalue weighted by atomic mass is 10.2. The van der Waals surface area contributed by atoms with Crippen molar-refractivity contribution in [3.8, 4) is 6.07 Å². The largest absolute Gasteiger partial charge is 0.397 e. The van der Waals surface area contributed by atoms with Crippen LogP contribution >= 0.6 is 0 Å². The molecule has 0 aliphatic rings. The lowest BCUT2D eigenvalue weighted by molar-refractivity contribution is 1.31. The number of nitrogens with two attached hydrogens (primary N) is 1. The fourth-order valence-corrected chi connectivity index (χ4v) is 0.970. The minimum atomic E-state index is 0.285. The maximum absolute atomic E-state index is 8.33. The Labute approximate surface area is 71.8 Å². The number of aryl methyl sites for hydroxylation is 1. The minimum Gasteiger partial charge on any atom is -0.397 e. The Bertz CT molecular complexity index is 312. The van der Waals surface area contributed by atoms with E-state index in [1.54, 1.807) is 0 Å². The Kier molecular flexibility index (Phi) is 2.54. The fourth-order valence-electron chi connectivity index (χ4n) is 0.970. The normalized spacial score (nSPS) is 9.00. The van der Waals surface area contributed by atoms with Crippen molar-refractivity contribution < 1.29 is 0 Å². The summed E-state index contributed by atoms with van der Waals surface area (Å²) in [6.07, 6.45) is 0. The van der Waals surface area contributed by atoms with Crippen molar-refractivity contribution in [1.82, 2.24) is 0 Å². The van der Waals surface area contributed by atoms with Gasteiger partial charge < -0.3 is 11.1 Å². The van der Waals surface area contributed by atoms with Gasteiger partial charge in [0.15, 0.2) is 0 Å². The average molecular weight is 161 g/mol. The number of rotatable bonds is 2. The molecule has 1 aromatic carbocycles. The molecule has 0 saturated heterocycles. The summed E-state index contributed by atoms with van der Waals surface area (Å²) in [5.41, 5.74) is 8.32. The van der Waals surface area contributed by atoms with Crippen LogP contribution in [-0.4, -0.2) is 6.54 Å². The van der Waals surface area contributed by atoms with Crippen LogP contribution in [0.1, 0.15) is 5.56 Å². The zero-order valence-electron chi connectivity index (χ0n) is 6.96. The van der Waals surface area contributed by atoms with Crippen LogP contribution in [0.5, 0.6) is 0 Å². The Hall–Kier alpha value is -1.69. The van der Waals surface area contributed by atoms with Crippen molar-refractivity contribution in [2.75, 3.05) is 17.6 Å². The maximum Gasteiger partial charge on any atom is 0.103 e. The number of nitrogens with one attached hydrogen (secondary N) is 1. The van der Waals surface area contributed by atoms with Gasteiger partial charge in [0.1, 0.15) is 6.54 Å². The van der Waals surface area contributed by atoms with E-state index in [-0.39, 0.29) is 6.54 Å². The second-order valence-electron chi connectivity index (χ2n) is 2.55. The maximum atomic E-state index is 8.33. The zero-order chi connectivity index (χ0) is 8.97. The molecule has 0 aliphatic heterocycles. The summed E-state index contributed by atoms with van der Waals surface area (Å²) in [5, 5.41) is 11.3. The van der Waals surface area contributed by atoms with E-state index in [4.69, 9.17) is 11.0 Å². The van der Waals surface area contributed by atoms with Gasteiger partial charge in [0.05, 0.1) is 17.4 Å². The summed E-state index contributed by atoms with van der Waals surface area (Å²) in [6.45, 7) is 2.22. The van der Waals surface area contributed by atoms with Gasteiger partial charge in [0.2, 0.25) is 0 Å². The molecular formula is C9H11N3. The highest BCUT2D eigenvalue weighted by Gasteiger charge is 1.98. The summed E-state index contributed by atoms with van der Waals surface area (Å²) >= 11 is 0. The van der Waals surface area contributed by atoms with Gasteiger partial charge in [-0.3, -0.25) is 0 Å². The predicted octanol–water partition coefficient (Wildman–Crippen LogP) is 1.51. The fraction of sp³-hybridized carbons (Fsp3) is 0.222. The first-order chi connectivity index (χ1) is 5.75. The summed E-state index contributed by atoms with van der Waals surface area (Å²) in [4.78, 5) is 0. The van der Waals surface area contributed by atoms with Crippen molar-refractivity contribution in [3.05, 3.63) is 23.8 Å². The molecule has 3 heteroatoms. The molecular weight excluding hydrogens is 150 g/mol. The number of hydrogen-bond donors (Lipinski definition) is 2. The van der Waals surface area contributed by atoms with Crippen LogP contribution in [0, 0.1) is 18.3 Å². The lowest BCUT2D eigenvalue weighted by Gasteiger charge is -2.07. The molecule has 1 aromatic rings. The van der Waals surface area contributed by atoms with Gasteiger partial charge in [-0.25, -0.2) is 0 Å². The Morgan fingerprint density at radius 3 is 3.00 bits per heavy atom. The molecule has 3 N–H and O–H groups in total. The Morgan fingerprint density at radius 1 is 1.58 bits per heavy atom. The van der Waals surface area contributed by atoms with Crippen LogP contribution in [0.25, 0.3) is 0 Å². The number of nitriles is 1. The van der Waals surface area contributed by atoms with Gasteiger partial charge in [-0.15, -0.1) is 0 Å². The summed E-state index contributed by atoms with van der Waals surface area (Å²) in [7, 11) is 0.